The SMILES string of the molecule is Cc1cc2sc(Br)cc2cc1C(=O)O. The predicted octanol–water partition coefficient (Wildman–Crippen LogP) is 3.67. The van der Waals surface area contributed by atoms with E-state index in [1.165, 1.54) is 0 Å². The van der Waals surface area contributed by atoms with Gasteiger partial charge in [0, 0.05) is 4.70 Å². The van der Waals surface area contributed by atoms with Crippen LogP contribution in [0.1, 0.15) is 15.9 Å². The molecule has 2 aromatic rings. The van der Waals surface area contributed by atoms with Crippen LogP contribution in [0.4, 0.5) is 0 Å². The fraction of sp³-hybridized carbons (Fsp3) is 0.100. The van der Waals surface area contributed by atoms with E-state index in [2.05, 4.69) is 15.9 Å². The second-order valence-electron chi connectivity index (χ2n) is 3.06. The maximum Gasteiger partial charge on any atom is 0.335 e. The van der Waals surface area contributed by atoms with E-state index in [9.17, 15) is 4.79 Å². The van der Waals surface area contributed by atoms with Crippen LogP contribution in [-0.2, 0) is 0 Å². The normalized spacial score (nSPS) is 10.7. The molecule has 4 heteroatoms. The van der Waals surface area contributed by atoms with E-state index < -0.39 is 5.97 Å². The second-order valence-corrected chi connectivity index (χ2v) is 5.52. The highest BCUT2D eigenvalue weighted by Gasteiger charge is 2.09. The Morgan fingerprint density at radius 3 is 2.79 bits per heavy atom. The van der Waals surface area contributed by atoms with Crippen LogP contribution >= 0.6 is 27.3 Å². The minimum Gasteiger partial charge on any atom is -0.478 e. The first kappa shape index (κ1) is 9.68. The van der Waals surface area contributed by atoms with Gasteiger partial charge in [0.25, 0.3) is 0 Å². The second kappa shape index (κ2) is 3.37. The van der Waals surface area contributed by atoms with Gasteiger partial charge in [-0.25, -0.2) is 4.79 Å². The third kappa shape index (κ3) is 1.55. The third-order valence-electron chi connectivity index (χ3n) is 2.06. The van der Waals surface area contributed by atoms with Gasteiger partial charge >= 0.3 is 5.97 Å². The number of carboxylic acid groups (broad SMARTS) is 1. The molecule has 14 heavy (non-hydrogen) atoms. The van der Waals surface area contributed by atoms with E-state index in [-0.39, 0.29) is 0 Å². The molecule has 0 aliphatic rings. The van der Waals surface area contributed by atoms with Gasteiger partial charge in [0.1, 0.15) is 0 Å². The molecule has 0 aliphatic heterocycles. The highest BCUT2D eigenvalue weighted by atomic mass is 79.9. The van der Waals surface area contributed by atoms with Crippen molar-refractivity contribution in [3.63, 3.8) is 0 Å². The molecule has 1 N–H and O–H groups in total. The molecule has 0 atom stereocenters. The van der Waals surface area contributed by atoms with Crippen molar-refractivity contribution in [1.29, 1.82) is 0 Å². The van der Waals surface area contributed by atoms with Crippen molar-refractivity contribution in [2.24, 2.45) is 0 Å². The molecule has 0 saturated carbocycles. The summed E-state index contributed by atoms with van der Waals surface area (Å²) in [6.45, 7) is 1.82. The summed E-state index contributed by atoms with van der Waals surface area (Å²) in [5.41, 5.74) is 1.18. The summed E-state index contributed by atoms with van der Waals surface area (Å²) < 4.78 is 2.13. The number of rotatable bonds is 1. The van der Waals surface area contributed by atoms with E-state index in [0.717, 1.165) is 19.4 Å². The summed E-state index contributed by atoms with van der Waals surface area (Å²) in [7, 11) is 0. The molecule has 0 bridgehead atoms. The molecular formula is C10H7BrO2S. The monoisotopic (exact) mass is 270 g/mol. The summed E-state index contributed by atoms with van der Waals surface area (Å²) >= 11 is 4.99. The Morgan fingerprint density at radius 1 is 1.43 bits per heavy atom. The van der Waals surface area contributed by atoms with Crippen LogP contribution in [0, 0.1) is 6.92 Å². The Balaban J connectivity index is 2.76. The topological polar surface area (TPSA) is 37.3 Å². The van der Waals surface area contributed by atoms with Crippen molar-refractivity contribution in [1.82, 2.24) is 0 Å². The van der Waals surface area contributed by atoms with E-state index >= 15 is 0 Å². The Kier molecular flexibility index (Phi) is 2.33. The summed E-state index contributed by atoms with van der Waals surface area (Å²) in [5.74, 6) is -0.869. The Morgan fingerprint density at radius 2 is 2.14 bits per heavy atom. The van der Waals surface area contributed by atoms with Crippen molar-refractivity contribution in [3.05, 3.63) is 33.1 Å². The van der Waals surface area contributed by atoms with Crippen LogP contribution in [0.25, 0.3) is 10.1 Å². The lowest BCUT2D eigenvalue weighted by Crippen LogP contribution is -1.98. The quantitative estimate of drug-likeness (QED) is 0.859. The summed E-state index contributed by atoms with van der Waals surface area (Å²) in [6, 6.07) is 5.56. The van der Waals surface area contributed by atoms with Crippen LogP contribution in [-0.4, -0.2) is 11.1 Å². The molecule has 1 aromatic carbocycles. The van der Waals surface area contributed by atoms with Gasteiger partial charge in [0.15, 0.2) is 0 Å². The predicted molar refractivity (Wildman–Crippen MR) is 61.2 cm³/mol. The minimum absolute atomic E-state index is 0.378. The molecule has 1 heterocycles. The van der Waals surface area contributed by atoms with Gasteiger partial charge in [-0.3, -0.25) is 0 Å². The largest absolute Gasteiger partial charge is 0.478 e. The molecule has 0 fully saturated rings. The molecule has 0 amide bonds. The number of thiophene rings is 1. The van der Waals surface area contributed by atoms with E-state index in [1.54, 1.807) is 17.4 Å². The zero-order valence-electron chi connectivity index (χ0n) is 7.37. The first-order chi connectivity index (χ1) is 6.58. The summed E-state index contributed by atoms with van der Waals surface area (Å²) in [6.07, 6.45) is 0. The first-order valence-corrected chi connectivity index (χ1v) is 5.62. The highest BCUT2D eigenvalue weighted by molar-refractivity contribution is 9.11. The van der Waals surface area contributed by atoms with Gasteiger partial charge in [-0.2, -0.15) is 0 Å². The van der Waals surface area contributed by atoms with Crippen LogP contribution in [0.5, 0.6) is 0 Å². The van der Waals surface area contributed by atoms with Gasteiger partial charge < -0.3 is 5.11 Å². The van der Waals surface area contributed by atoms with Gasteiger partial charge in [0.2, 0.25) is 0 Å². The molecule has 0 unspecified atom stereocenters. The third-order valence-corrected chi connectivity index (χ3v) is 3.66. The van der Waals surface area contributed by atoms with Crippen molar-refractivity contribution >= 4 is 43.3 Å². The molecule has 0 radical (unpaired) electrons. The summed E-state index contributed by atoms with van der Waals surface area (Å²) in [4.78, 5) is 10.9. The fourth-order valence-electron chi connectivity index (χ4n) is 1.39. The standard InChI is InChI=1S/C10H7BrO2S/c1-5-2-8-6(4-9(11)14-8)3-7(5)10(12)13/h2-4H,1H3,(H,12,13). The molecule has 2 rings (SSSR count). The zero-order chi connectivity index (χ0) is 10.3. The number of hydrogen-bond acceptors (Lipinski definition) is 2. The molecule has 0 saturated heterocycles. The van der Waals surface area contributed by atoms with Crippen LogP contribution in [0.15, 0.2) is 22.0 Å². The van der Waals surface area contributed by atoms with Gasteiger partial charge in [-0.1, -0.05) is 0 Å². The lowest BCUT2D eigenvalue weighted by Gasteiger charge is -1.99. The number of carboxylic acids is 1. The van der Waals surface area contributed by atoms with Crippen molar-refractivity contribution < 1.29 is 9.90 Å². The highest BCUT2D eigenvalue weighted by Crippen LogP contribution is 2.31. The Hall–Kier alpha value is -0.870. The lowest BCUT2D eigenvalue weighted by atomic mass is 10.1. The average Bonchev–Trinajstić information content (AvgIpc) is 2.42. The van der Waals surface area contributed by atoms with Crippen molar-refractivity contribution in [2.45, 2.75) is 6.92 Å². The van der Waals surface area contributed by atoms with Crippen LogP contribution in [0.3, 0.4) is 0 Å². The van der Waals surface area contributed by atoms with E-state index in [1.807, 2.05) is 19.1 Å². The lowest BCUT2D eigenvalue weighted by molar-refractivity contribution is 0.0696. The minimum atomic E-state index is -0.869. The van der Waals surface area contributed by atoms with Crippen LogP contribution in [0.2, 0.25) is 0 Å². The van der Waals surface area contributed by atoms with E-state index in [0.29, 0.717) is 5.56 Å². The molecule has 0 aliphatic carbocycles. The number of fused-ring (bicyclic) bond motifs is 1. The van der Waals surface area contributed by atoms with E-state index in [4.69, 9.17) is 5.11 Å². The first-order valence-electron chi connectivity index (χ1n) is 4.01. The van der Waals surface area contributed by atoms with Crippen LogP contribution < -0.4 is 0 Å². The van der Waals surface area contributed by atoms with Gasteiger partial charge in [-0.15, -0.1) is 11.3 Å². The summed E-state index contributed by atoms with van der Waals surface area (Å²) in [5, 5.41) is 9.90. The Bertz CT molecular complexity index is 516. The number of benzene rings is 1. The number of aryl methyl sites for hydroxylation is 1. The average molecular weight is 271 g/mol. The van der Waals surface area contributed by atoms with Crippen molar-refractivity contribution in [2.75, 3.05) is 0 Å². The number of carbonyl (C=O) groups is 1. The zero-order valence-corrected chi connectivity index (χ0v) is 9.78. The maximum atomic E-state index is 10.9. The Labute approximate surface area is 93.3 Å². The smallest absolute Gasteiger partial charge is 0.335 e. The number of hydrogen-bond donors (Lipinski definition) is 1. The molecular weight excluding hydrogens is 264 g/mol. The molecule has 2 nitrogen and oxygen atoms in total. The number of halogens is 1. The van der Waals surface area contributed by atoms with Gasteiger partial charge in [0.05, 0.1) is 9.35 Å². The molecule has 0 spiro atoms. The number of aromatic carboxylic acids is 1. The fourth-order valence-corrected chi connectivity index (χ4v) is 3.02. The van der Waals surface area contributed by atoms with Gasteiger partial charge in [-0.05, 0) is 52.0 Å². The molecule has 1 aromatic heterocycles. The molecule has 72 valence electrons. The van der Waals surface area contributed by atoms with Crippen molar-refractivity contribution in [3.8, 4) is 0 Å². The maximum absolute atomic E-state index is 10.9.